The number of carbonyl (C=O) groups is 1. The molecule has 0 bridgehead atoms. The van der Waals surface area contributed by atoms with Crippen molar-refractivity contribution in [1.82, 2.24) is 9.80 Å². The Morgan fingerprint density at radius 3 is 2.35 bits per heavy atom. The Balaban J connectivity index is 1.95. The highest BCUT2D eigenvalue weighted by atomic mass is 16.4. The van der Waals surface area contributed by atoms with Gasteiger partial charge in [-0.2, -0.15) is 0 Å². The standard InChI is InChI=1S/C16H24N2O2/c1-16(2)12-18(9-8-17(16)3)11-14-6-4-13(5-7-14)10-15(19)20/h4-7H,8-12H2,1-3H3,(H,19,20). The Labute approximate surface area is 121 Å². The van der Waals surface area contributed by atoms with Gasteiger partial charge in [0.15, 0.2) is 0 Å². The van der Waals surface area contributed by atoms with Gasteiger partial charge >= 0.3 is 5.97 Å². The zero-order valence-electron chi connectivity index (χ0n) is 12.6. The van der Waals surface area contributed by atoms with E-state index >= 15 is 0 Å². The van der Waals surface area contributed by atoms with Gasteiger partial charge in [0, 0.05) is 31.7 Å². The van der Waals surface area contributed by atoms with Crippen LogP contribution in [0.3, 0.4) is 0 Å². The van der Waals surface area contributed by atoms with E-state index in [0.29, 0.717) is 0 Å². The molecule has 0 atom stereocenters. The minimum Gasteiger partial charge on any atom is -0.481 e. The van der Waals surface area contributed by atoms with E-state index in [-0.39, 0.29) is 12.0 Å². The molecule has 0 amide bonds. The summed E-state index contributed by atoms with van der Waals surface area (Å²) >= 11 is 0. The fourth-order valence-electron chi connectivity index (χ4n) is 2.67. The van der Waals surface area contributed by atoms with Crippen LogP contribution in [0.5, 0.6) is 0 Å². The number of hydrogen-bond donors (Lipinski definition) is 1. The average molecular weight is 276 g/mol. The van der Waals surface area contributed by atoms with E-state index in [9.17, 15) is 4.79 Å². The summed E-state index contributed by atoms with van der Waals surface area (Å²) in [5.74, 6) is -0.779. The average Bonchev–Trinajstić information content (AvgIpc) is 2.35. The number of carboxylic acid groups (broad SMARTS) is 1. The first-order chi connectivity index (χ1) is 9.37. The maximum Gasteiger partial charge on any atom is 0.307 e. The Hall–Kier alpha value is -1.39. The van der Waals surface area contributed by atoms with Gasteiger partial charge in [0.1, 0.15) is 0 Å². The lowest BCUT2D eigenvalue weighted by Gasteiger charge is -2.45. The van der Waals surface area contributed by atoms with Gasteiger partial charge in [-0.15, -0.1) is 0 Å². The van der Waals surface area contributed by atoms with E-state index in [4.69, 9.17) is 5.11 Å². The Morgan fingerprint density at radius 2 is 1.80 bits per heavy atom. The number of carboxylic acids is 1. The van der Waals surface area contributed by atoms with Gasteiger partial charge in [-0.3, -0.25) is 14.6 Å². The molecule has 4 nitrogen and oxygen atoms in total. The second kappa shape index (κ2) is 5.94. The molecule has 1 aliphatic rings. The molecule has 0 aliphatic carbocycles. The van der Waals surface area contributed by atoms with Crippen LogP contribution < -0.4 is 0 Å². The zero-order chi connectivity index (χ0) is 14.8. The van der Waals surface area contributed by atoms with E-state index < -0.39 is 5.97 Å². The predicted molar refractivity (Wildman–Crippen MR) is 79.8 cm³/mol. The molecule has 0 saturated carbocycles. The fourth-order valence-corrected chi connectivity index (χ4v) is 2.67. The largest absolute Gasteiger partial charge is 0.481 e. The van der Waals surface area contributed by atoms with Gasteiger partial charge in [-0.05, 0) is 32.0 Å². The normalized spacial score (nSPS) is 19.9. The lowest BCUT2D eigenvalue weighted by molar-refractivity contribution is -0.136. The highest BCUT2D eigenvalue weighted by Crippen LogP contribution is 2.20. The van der Waals surface area contributed by atoms with Crippen molar-refractivity contribution in [1.29, 1.82) is 0 Å². The van der Waals surface area contributed by atoms with Gasteiger partial charge in [-0.25, -0.2) is 0 Å². The molecule has 1 saturated heterocycles. The van der Waals surface area contributed by atoms with Crippen LogP contribution in [-0.2, 0) is 17.8 Å². The van der Waals surface area contributed by atoms with Crippen LogP contribution in [0, 0.1) is 0 Å². The molecular weight excluding hydrogens is 252 g/mol. The number of benzene rings is 1. The third-order valence-electron chi connectivity index (χ3n) is 4.18. The van der Waals surface area contributed by atoms with Gasteiger partial charge in [0.2, 0.25) is 0 Å². The van der Waals surface area contributed by atoms with E-state index in [2.05, 4.69) is 30.7 Å². The van der Waals surface area contributed by atoms with Crippen molar-refractivity contribution in [2.24, 2.45) is 0 Å². The maximum atomic E-state index is 10.7. The van der Waals surface area contributed by atoms with Crippen molar-refractivity contribution in [2.45, 2.75) is 32.4 Å². The summed E-state index contributed by atoms with van der Waals surface area (Å²) in [5, 5.41) is 8.77. The van der Waals surface area contributed by atoms with Crippen LogP contribution in [0.25, 0.3) is 0 Å². The van der Waals surface area contributed by atoms with Crippen LogP contribution in [-0.4, -0.2) is 53.1 Å². The van der Waals surface area contributed by atoms with Crippen molar-refractivity contribution in [3.05, 3.63) is 35.4 Å². The minimum absolute atomic E-state index is 0.0990. The topological polar surface area (TPSA) is 43.8 Å². The van der Waals surface area contributed by atoms with E-state index in [1.807, 2.05) is 24.3 Å². The number of likely N-dealkylation sites (N-methyl/N-ethyl adjacent to an activating group) is 1. The molecule has 1 heterocycles. The highest BCUT2D eigenvalue weighted by molar-refractivity contribution is 5.70. The summed E-state index contributed by atoms with van der Waals surface area (Å²) in [6, 6.07) is 7.93. The molecule has 0 spiro atoms. The van der Waals surface area contributed by atoms with Crippen LogP contribution in [0.1, 0.15) is 25.0 Å². The first-order valence-corrected chi connectivity index (χ1v) is 7.10. The maximum absolute atomic E-state index is 10.7. The second-order valence-electron chi connectivity index (χ2n) is 6.33. The Kier molecular flexibility index (Phi) is 4.45. The van der Waals surface area contributed by atoms with E-state index in [0.717, 1.165) is 31.7 Å². The Morgan fingerprint density at radius 1 is 1.20 bits per heavy atom. The quantitative estimate of drug-likeness (QED) is 0.911. The number of rotatable bonds is 4. The molecule has 110 valence electrons. The minimum atomic E-state index is -0.779. The first-order valence-electron chi connectivity index (χ1n) is 7.10. The molecule has 2 rings (SSSR count). The van der Waals surface area contributed by atoms with Gasteiger partial charge in [0.25, 0.3) is 0 Å². The van der Waals surface area contributed by atoms with Crippen molar-refractivity contribution in [3.8, 4) is 0 Å². The van der Waals surface area contributed by atoms with Gasteiger partial charge < -0.3 is 5.11 Å². The van der Waals surface area contributed by atoms with Crippen molar-refractivity contribution >= 4 is 5.97 Å². The summed E-state index contributed by atoms with van der Waals surface area (Å²) in [6.07, 6.45) is 0.0990. The monoisotopic (exact) mass is 276 g/mol. The third kappa shape index (κ3) is 3.81. The van der Waals surface area contributed by atoms with Crippen LogP contribution in [0.4, 0.5) is 0 Å². The smallest absolute Gasteiger partial charge is 0.307 e. The lowest BCUT2D eigenvalue weighted by Crippen LogP contribution is -2.57. The Bertz CT molecular complexity index is 468. The summed E-state index contributed by atoms with van der Waals surface area (Å²) < 4.78 is 0. The molecule has 4 heteroatoms. The molecule has 1 aromatic rings. The molecule has 20 heavy (non-hydrogen) atoms. The third-order valence-corrected chi connectivity index (χ3v) is 4.18. The van der Waals surface area contributed by atoms with Crippen molar-refractivity contribution < 1.29 is 9.90 Å². The molecule has 1 N–H and O–H groups in total. The molecule has 0 aromatic heterocycles. The molecule has 1 fully saturated rings. The lowest BCUT2D eigenvalue weighted by atomic mass is 9.99. The molecule has 0 radical (unpaired) electrons. The van der Waals surface area contributed by atoms with Crippen LogP contribution >= 0.6 is 0 Å². The highest BCUT2D eigenvalue weighted by Gasteiger charge is 2.30. The first kappa shape index (κ1) is 15.0. The molecule has 1 aliphatic heterocycles. The zero-order valence-corrected chi connectivity index (χ0v) is 12.6. The van der Waals surface area contributed by atoms with Crippen molar-refractivity contribution in [2.75, 3.05) is 26.7 Å². The molecule has 1 aromatic carbocycles. The second-order valence-corrected chi connectivity index (χ2v) is 6.33. The number of hydrogen-bond acceptors (Lipinski definition) is 3. The van der Waals surface area contributed by atoms with Crippen molar-refractivity contribution in [3.63, 3.8) is 0 Å². The van der Waals surface area contributed by atoms with E-state index in [1.165, 1.54) is 5.56 Å². The SMILES string of the molecule is CN1CCN(Cc2ccc(CC(=O)O)cc2)CC1(C)C. The van der Waals surface area contributed by atoms with E-state index in [1.54, 1.807) is 0 Å². The summed E-state index contributed by atoms with van der Waals surface area (Å²) in [6.45, 7) is 8.70. The summed E-state index contributed by atoms with van der Waals surface area (Å²) in [4.78, 5) is 15.5. The summed E-state index contributed by atoms with van der Waals surface area (Å²) in [5.41, 5.74) is 2.32. The fraction of sp³-hybridized carbons (Fsp3) is 0.562. The predicted octanol–water partition coefficient (Wildman–Crippen LogP) is 1.84. The van der Waals surface area contributed by atoms with Gasteiger partial charge in [-0.1, -0.05) is 24.3 Å². The van der Waals surface area contributed by atoms with Gasteiger partial charge in [0.05, 0.1) is 6.42 Å². The van der Waals surface area contributed by atoms with Crippen LogP contribution in [0.15, 0.2) is 24.3 Å². The summed E-state index contributed by atoms with van der Waals surface area (Å²) in [7, 11) is 2.18. The number of aliphatic carboxylic acids is 1. The number of nitrogens with zero attached hydrogens (tertiary/aromatic N) is 2. The molecular formula is C16H24N2O2. The van der Waals surface area contributed by atoms with Crippen LogP contribution in [0.2, 0.25) is 0 Å². The molecule has 0 unspecified atom stereocenters. The number of piperazine rings is 1.